The van der Waals surface area contributed by atoms with Crippen LogP contribution >= 0.6 is 15.9 Å². The number of rotatable bonds is 3. The summed E-state index contributed by atoms with van der Waals surface area (Å²) >= 11 is 3.40. The summed E-state index contributed by atoms with van der Waals surface area (Å²) in [5.41, 5.74) is 6.63. The largest absolute Gasteiger partial charge is 0.343 e. The van der Waals surface area contributed by atoms with Crippen molar-refractivity contribution in [3.63, 3.8) is 0 Å². The molecule has 1 aromatic rings. The van der Waals surface area contributed by atoms with E-state index < -0.39 is 5.79 Å². The summed E-state index contributed by atoms with van der Waals surface area (Å²) in [7, 11) is 0. The van der Waals surface area contributed by atoms with Crippen LogP contribution in [0.3, 0.4) is 0 Å². The number of nitrogens with two attached hydrogens (primary N) is 1. The lowest BCUT2D eigenvalue weighted by Gasteiger charge is -2.27. The van der Waals surface area contributed by atoms with Crippen LogP contribution in [0.5, 0.6) is 0 Å². The van der Waals surface area contributed by atoms with Gasteiger partial charge in [0.25, 0.3) is 0 Å². The highest BCUT2D eigenvalue weighted by Crippen LogP contribution is 2.34. The van der Waals surface area contributed by atoms with Gasteiger partial charge in [-0.1, -0.05) is 28.1 Å². The maximum absolute atomic E-state index is 5.69. The summed E-state index contributed by atoms with van der Waals surface area (Å²) < 4.78 is 12.4. The molecule has 1 saturated heterocycles. The van der Waals surface area contributed by atoms with Crippen LogP contribution in [0.2, 0.25) is 0 Å². The molecule has 3 nitrogen and oxygen atoms in total. The van der Waals surface area contributed by atoms with Crippen LogP contribution in [0.4, 0.5) is 0 Å². The van der Waals surface area contributed by atoms with Gasteiger partial charge in [0.05, 0.1) is 13.2 Å². The van der Waals surface area contributed by atoms with E-state index in [2.05, 4.69) is 15.9 Å². The van der Waals surface area contributed by atoms with E-state index in [1.54, 1.807) is 0 Å². The van der Waals surface area contributed by atoms with Crippen molar-refractivity contribution in [2.45, 2.75) is 12.2 Å². The molecule has 0 saturated carbocycles. The molecule has 2 N–H and O–H groups in total. The zero-order valence-corrected chi connectivity index (χ0v) is 10.00. The predicted octanol–water partition coefficient (Wildman–Crippen LogP) is 2.00. The van der Waals surface area contributed by atoms with E-state index in [-0.39, 0.29) is 0 Å². The smallest absolute Gasteiger partial charge is 0.196 e. The first kappa shape index (κ1) is 11.1. The third kappa shape index (κ3) is 2.23. The second-order valence-electron chi connectivity index (χ2n) is 3.50. The number of hydrogen-bond donors (Lipinski definition) is 1. The summed E-state index contributed by atoms with van der Waals surface area (Å²) in [4.78, 5) is 0. The first-order chi connectivity index (χ1) is 7.27. The molecular weight excluding hydrogens is 258 g/mol. The maximum atomic E-state index is 5.69. The molecule has 0 radical (unpaired) electrons. The number of halogens is 1. The van der Waals surface area contributed by atoms with E-state index in [1.807, 2.05) is 24.3 Å². The average molecular weight is 272 g/mol. The van der Waals surface area contributed by atoms with Gasteiger partial charge in [0.1, 0.15) is 0 Å². The zero-order valence-electron chi connectivity index (χ0n) is 8.41. The lowest BCUT2D eigenvalue weighted by Crippen LogP contribution is -2.30. The van der Waals surface area contributed by atoms with Crippen molar-refractivity contribution in [1.29, 1.82) is 0 Å². The third-order valence-corrected chi connectivity index (χ3v) is 3.04. The highest BCUT2D eigenvalue weighted by Gasteiger charge is 2.37. The highest BCUT2D eigenvalue weighted by molar-refractivity contribution is 9.10. The third-order valence-electron chi connectivity index (χ3n) is 2.51. The fourth-order valence-electron chi connectivity index (χ4n) is 1.80. The van der Waals surface area contributed by atoms with E-state index in [1.165, 1.54) is 0 Å². The van der Waals surface area contributed by atoms with Crippen molar-refractivity contribution in [2.24, 2.45) is 5.73 Å². The Morgan fingerprint density at radius 3 is 2.33 bits per heavy atom. The van der Waals surface area contributed by atoms with Gasteiger partial charge < -0.3 is 15.2 Å². The molecule has 1 fully saturated rings. The van der Waals surface area contributed by atoms with Gasteiger partial charge in [0, 0.05) is 16.5 Å². The fraction of sp³-hybridized carbons (Fsp3) is 0.455. The molecule has 15 heavy (non-hydrogen) atoms. The summed E-state index contributed by atoms with van der Waals surface area (Å²) in [6.45, 7) is 1.82. The maximum Gasteiger partial charge on any atom is 0.196 e. The lowest BCUT2D eigenvalue weighted by molar-refractivity contribution is -0.168. The Morgan fingerprint density at radius 1 is 1.20 bits per heavy atom. The van der Waals surface area contributed by atoms with Crippen LogP contribution in [0.25, 0.3) is 0 Å². The number of hydrogen-bond acceptors (Lipinski definition) is 3. The molecule has 0 spiro atoms. The van der Waals surface area contributed by atoms with E-state index in [0.29, 0.717) is 26.2 Å². The molecule has 1 heterocycles. The van der Waals surface area contributed by atoms with Crippen LogP contribution in [0.15, 0.2) is 28.7 Å². The highest BCUT2D eigenvalue weighted by atomic mass is 79.9. The second-order valence-corrected chi connectivity index (χ2v) is 4.41. The van der Waals surface area contributed by atoms with Gasteiger partial charge >= 0.3 is 0 Å². The Labute approximate surface area is 97.7 Å². The minimum atomic E-state index is -0.616. The minimum absolute atomic E-state index is 0.552. The standard InChI is InChI=1S/C11H14BrNO2/c12-10-3-1-9(2-4-10)11(5-6-13)14-7-8-15-11/h1-4H,5-8,13H2. The van der Waals surface area contributed by atoms with Crippen molar-refractivity contribution < 1.29 is 9.47 Å². The fourth-order valence-corrected chi connectivity index (χ4v) is 2.07. The quantitative estimate of drug-likeness (QED) is 0.915. The first-order valence-electron chi connectivity index (χ1n) is 5.01. The summed E-state index contributed by atoms with van der Waals surface area (Å²) in [6.07, 6.45) is 0.689. The molecule has 0 bridgehead atoms. The molecule has 1 aromatic carbocycles. The second kappa shape index (κ2) is 4.61. The van der Waals surface area contributed by atoms with E-state index >= 15 is 0 Å². The number of ether oxygens (including phenoxy) is 2. The van der Waals surface area contributed by atoms with Gasteiger partial charge in [-0.05, 0) is 18.7 Å². The van der Waals surface area contributed by atoms with Gasteiger partial charge in [0.15, 0.2) is 5.79 Å². The molecule has 0 aromatic heterocycles. The number of benzene rings is 1. The zero-order chi connectivity index (χ0) is 10.7. The molecule has 0 aliphatic carbocycles. The molecular formula is C11H14BrNO2. The van der Waals surface area contributed by atoms with Crippen LogP contribution in [-0.4, -0.2) is 19.8 Å². The Hall–Kier alpha value is -0.420. The minimum Gasteiger partial charge on any atom is -0.343 e. The van der Waals surface area contributed by atoms with Crippen LogP contribution in [-0.2, 0) is 15.3 Å². The average Bonchev–Trinajstić information content (AvgIpc) is 2.69. The predicted molar refractivity (Wildman–Crippen MR) is 61.4 cm³/mol. The van der Waals surface area contributed by atoms with Crippen molar-refractivity contribution in [3.8, 4) is 0 Å². The summed E-state index contributed by atoms with van der Waals surface area (Å²) in [5.74, 6) is -0.616. The van der Waals surface area contributed by atoms with Gasteiger partial charge in [0.2, 0.25) is 0 Å². The van der Waals surface area contributed by atoms with Crippen molar-refractivity contribution in [1.82, 2.24) is 0 Å². The molecule has 0 unspecified atom stereocenters. The molecule has 82 valence electrons. The molecule has 1 aliphatic rings. The summed E-state index contributed by atoms with van der Waals surface area (Å²) in [6, 6.07) is 7.98. The van der Waals surface area contributed by atoms with Crippen LogP contribution in [0, 0.1) is 0 Å². The van der Waals surface area contributed by atoms with Gasteiger partial charge in [-0.3, -0.25) is 0 Å². The van der Waals surface area contributed by atoms with E-state index in [0.717, 1.165) is 10.0 Å². The topological polar surface area (TPSA) is 44.5 Å². The first-order valence-corrected chi connectivity index (χ1v) is 5.80. The van der Waals surface area contributed by atoms with E-state index in [9.17, 15) is 0 Å². The van der Waals surface area contributed by atoms with Crippen molar-refractivity contribution >= 4 is 15.9 Å². The normalized spacial score (nSPS) is 19.3. The summed E-state index contributed by atoms with van der Waals surface area (Å²) in [5, 5.41) is 0. The molecule has 1 aliphatic heterocycles. The van der Waals surface area contributed by atoms with Crippen molar-refractivity contribution in [2.75, 3.05) is 19.8 Å². The molecule has 4 heteroatoms. The molecule has 2 rings (SSSR count). The van der Waals surface area contributed by atoms with Gasteiger partial charge in [-0.15, -0.1) is 0 Å². The lowest BCUT2D eigenvalue weighted by atomic mass is 10.0. The van der Waals surface area contributed by atoms with E-state index in [4.69, 9.17) is 15.2 Å². The molecule has 0 atom stereocenters. The van der Waals surface area contributed by atoms with Crippen LogP contribution in [0.1, 0.15) is 12.0 Å². The van der Waals surface area contributed by atoms with Crippen molar-refractivity contribution in [3.05, 3.63) is 34.3 Å². The van der Waals surface area contributed by atoms with Gasteiger partial charge in [-0.2, -0.15) is 0 Å². The SMILES string of the molecule is NCCC1(c2ccc(Br)cc2)OCCO1. The Balaban J connectivity index is 2.28. The Bertz CT molecular complexity index is 320. The van der Waals surface area contributed by atoms with Crippen LogP contribution < -0.4 is 5.73 Å². The Morgan fingerprint density at radius 2 is 1.80 bits per heavy atom. The monoisotopic (exact) mass is 271 g/mol. The Kier molecular flexibility index (Phi) is 3.41. The molecule has 0 amide bonds. The van der Waals surface area contributed by atoms with Gasteiger partial charge in [-0.25, -0.2) is 0 Å².